The third-order valence-corrected chi connectivity index (χ3v) is 2.43. The van der Waals surface area contributed by atoms with Gasteiger partial charge in [0.1, 0.15) is 0 Å². The summed E-state index contributed by atoms with van der Waals surface area (Å²) in [6.07, 6.45) is 3.53. The van der Waals surface area contributed by atoms with Gasteiger partial charge in [-0.25, -0.2) is 0 Å². The van der Waals surface area contributed by atoms with E-state index in [2.05, 4.69) is 4.74 Å². The van der Waals surface area contributed by atoms with E-state index in [-0.39, 0.29) is 12.4 Å². The molecule has 0 unspecified atom stereocenters. The summed E-state index contributed by atoms with van der Waals surface area (Å²) in [6.45, 7) is 2.09. The molecule has 1 rings (SSSR count). The summed E-state index contributed by atoms with van der Waals surface area (Å²) >= 11 is 0. The van der Waals surface area contributed by atoms with Crippen LogP contribution in [0.3, 0.4) is 0 Å². The highest BCUT2D eigenvalue weighted by molar-refractivity contribution is 5.67. The van der Waals surface area contributed by atoms with Crippen LogP contribution in [0, 0.1) is 0 Å². The van der Waals surface area contributed by atoms with Gasteiger partial charge in [0.2, 0.25) is 0 Å². The number of carboxylic acid groups (broad SMARTS) is 1. The first-order chi connectivity index (χ1) is 9.58. The molecule has 0 aliphatic heterocycles. The molecule has 0 aliphatic rings. The number of hydrogen-bond acceptors (Lipinski definition) is 4. The summed E-state index contributed by atoms with van der Waals surface area (Å²) in [6, 6.07) is 7.62. The standard InChI is InChI=1S/C15H18O5/c1-12(16)20-9-3-8-19-11-14-5-2-4-13(10-14)6-7-15(17)18/h2-5,9-10H,6-8,11H2,1H3,(H,17,18)/b9-3+. The number of benzene rings is 1. The van der Waals surface area contributed by atoms with Crippen molar-refractivity contribution < 1.29 is 24.2 Å². The Morgan fingerprint density at radius 3 is 2.75 bits per heavy atom. The maximum absolute atomic E-state index is 10.5. The van der Waals surface area contributed by atoms with E-state index in [1.807, 2.05) is 24.3 Å². The summed E-state index contributed by atoms with van der Waals surface area (Å²) < 4.78 is 10.0. The topological polar surface area (TPSA) is 72.8 Å². The molecular weight excluding hydrogens is 260 g/mol. The van der Waals surface area contributed by atoms with Gasteiger partial charge in [-0.2, -0.15) is 0 Å². The predicted molar refractivity (Wildman–Crippen MR) is 73.0 cm³/mol. The number of rotatable bonds is 8. The number of carbonyl (C=O) groups excluding carboxylic acids is 1. The number of aryl methyl sites for hydroxylation is 1. The van der Waals surface area contributed by atoms with E-state index < -0.39 is 5.97 Å². The average Bonchev–Trinajstić information content (AvgIpc) is 2.40. The number of carboxylic acids is 1. The van der Waals surface area contributed by atoms with Crippen LogP contribution < -0.4 is 0 Å². The molecule has 0 saturated heterocycles. The molecule has 108 valence electrons. The van der Waals surface area contributed by atoms with Crippen molar-refractivity contribution in [2.45, 2.75) is 26.4 Å². The van der Waals surface area contributed by atoms with Crippen molar-refractivity contribution in [2.75, 3.05) is 6.61 Å². The van der Waals surface area contributed by atoms with Crippen LogP contribution in [-0.2, 0) is 32.1 Å². The van der Waals surface area contributed by atoms with Crippen molar-refractivity contribution in [3.05, 3.63) is 47.7 Å². The summed E-state index contributed by atoms with van der Waals surface area (Å²) in [7, 11) is 0. The molecule has 1 aromatic rings. The van der Waals surface area contributed by atoms with Crippen LogP contribution in [0.4, 0.5) is 0 Å². The average molecular weight is 278 g/mol. The molecule has 5 heteroatoms. The van der Waals surface area contributed by atoms with Gasteiger partial charge in [-0.1, -0.05) is 24.3 Å². The van der Waals surface area contributed by atoms with Crippen LogP contribution in [0.5, 0.6) is 0 Å². The molecule has 0 bridgehead atoms. The van der Waals surface area contributed by atoms with E-state index in [1.54, 1.807) is 6.08 Å². The van der Waals surface area contributed by atoms with E-state index in [0.717, 1.165) is 11.1 Å². The minimum Gasteiger partial charge on any atom is -0.481 e. The van der Waals surface area contributed by atoms with Crippen molar-refractivity contribution in [1.82, 2.24) is 0 Å². The van der Waals surface area contributed by atoms with Crippen LogP contribution in [0.25, 0.3) is 0 Å². The summed E-state index contributed by atoms with van der Waals surface area (Å²) in [5.74, 6) is -1.17. The Morgan fingerprint density at radius 2 is 2.05 bits per heavy atom. The predicted octanol–water partition coefficient (Wildman–Crippen LogP) is 2.30. The zero-order chi connectivity index (χ0) is 14.8. The van der Waals surface area contributed by atoms with Gasteiger partial charge in [0, 0.05) is 13.3 Å². The summed E-state index contributed by atoms with van der Waals surface area (Å²) in [4.78, 5) is 21.0. The smallest absolute Gasteiger partial charge is 0.307 e. The Bertz CT molecular complexity index is 479. The monoisotopic (exact) mass is 278 g/mol. The molecule has 0 radical (unpaired) electrons. The molecular formula is C15H18O5. The quantitative estimate of drug-likeness (QED) is 0.449. The van der Waals surface area contributed by atoms with Crippen molar-refractivity contribution in [1.29, 1.82) is 0 Å². The third-order valence-electron chi connectivity index (χ3n) is 2.43. The largest absolute Gasteiger partial charge is 0.481 e. The fourth-order valence-corrected chi connectivity index (χ4v) is 1.55. The Hall–Kier alpha value is -2.14. The minimum absolute atomic E-state index is 0.120. The maximum Gasteiger partial charge on any atom is 0.307 e. The van der Waals surface area contributed by atoms with Crippen LogP contribution >= 0.6 is 0 Å². The third kappa shape index (κ3) is 7.33. The van der Waals surface area contributed by atoms with Gasteiger partial charge in [0.05, 0.1) is 19.5 Å². The lowest BCUT2D eigenvalue weighted by atomic mass is 10.1. The van der Waals surface area contributed by atoms with Crippen molar-refractivity contribution >= 4 is 11.9 Å². The highest BCUT2D eigenvalue weighted by atomic mass is 16.5. The molecule has 1 aromatic carbocycles. The van der Waals surface area contributed by atoms with Gasteiger partial charge in [0.15, 0.2) is 0 Å². The fraction of sp³-hybridized carbons (Fsp3) is 0.333. The summed E-state index contributed by atoms with van der Waals surface area (Å²) in [5, 5.41) is 8.64. The molecule has 0 amide bonds. The van der Waals surface area contributed by atoms with E-state index in [9.17, 15) is 9.59 Å². The van der Waals surface area contributed by atoms with Crippen LogP contribution in [0.2, 0.25) is 0 Å². The zero-order valence-electron chi connectivity index (χ0n) is 11.4. The lowest BCUT2D eigenvalue weighted by molar-refractivity contribution is -0.137. The second-order valence-corrected chi connectivity index (χ2v) is 4.21. The Morgan fingerprint density at radius 1 is 1.30 bits per heavy atom. The number of carbonyl (C=O) groups is 2. The first-order valence-corrected chi connectivity index (χ1v) is 6.27. The molecule has 0 atom stereocenters. The lowest BCUT2D eigenvalue weighted by Gasteiger charge is -2.04. The second-order valence-electron chi connectivity index (χ2n) is 4.21. The van der Waals surface area contributed by atoms with Gasteiger partial charge in [0.25, 0.3) is 0 Å². The van der Waals surface area contributed by atoms with Gasteiger partial charge in [-0.15, -0.1) is 0 Å². The van der Waals surface area contributed by atoms with Crippen LogP contribution in [0.15, 0.2) is 36.6 Å². The number of hydrogen-bond donors (Lipinski definition) is 1. The Kier molecular flexibility index (Phi) is 7.06. The van der Waals surface area contributed by atoms with E-state index >= 15 is 0 Å². The normalized spacial score (nSPS) is 10.7. The first-order valence-electron chi connectivity index (χ1n) is 6.27. The molecule has 20 heavy (non-hydrogen) atoms. The molecule has 1 N–H and O–H groups in total. The number of ether oxygens (including phenoxy) is 2. The maximum atomic E-state index is 10.5. The van der Waals surface area contributed by atoms with Gasteiger partial charge in [-0.05, 0) is 23.6 Å². The first kappa shape index (κ1) is 15.9. The zero-order valence-corrected chi connectivity index (χ0v) is 11.4. The van der Waals surface area contributed by atoms with E-state index in [1.165, 1.54) is 13.2 Å². The van der Waals surface area contributed by atoms with E-state index in [0.29, 0.717) is 19.6 Å². The lowest BCUT2D eigenvalue weighted by Crippen LogP contribution is -1.99. The van der Waals surface area contributed by atoms with E-state index in [4.69, 9.17) is 9.84 Å². The Labute approximate surface area is 117 Å². The van der Waals surface area contributed by atoms with Gasteiger partial charge in [-0.3, -0.25) is 9.59 Å². The van der Waals surface area contributed by atoms with Crippen molar-refractivity contribution in [2.24, 2.45) is 0 Å². The van der Waals surface area contributed by atoms with Crippen molar-refractivity contribution in [3.8, 4) is 0 Å². The fourth-order valence-electron chi connectivity index (χ4n) is 1.55. The Balaban J connectivity index is 2.33. The van der Waals surface area contributed by atoms with Gasteiger partial charge >= 0.3 is 11.9 Å². The highest BCUT2D eigenvalue weighted by Gasteiger charge is 2.00. The van der Waals surface area contributed by atoms with Crippen LogP contribution in [0.1, 0.15) is 24.5 Å². The number of esters is 1. The summed E-state index contributed by atoms with van der Waals surface area (Å²) in [5.41, 5.74) is 1.96. The minimum atomic E-state index is -0.803. The second kappa shape index (κ2) is 8.87. The molecule has 0 heterocycles. The number of aliphatic carboxylic acids is 1. The molecule has 0 spiro atoms. The molecule has 0 saturated carbocycles. The molecule has 0 aliphatic carbocycles. The van der Waals surface area contributed by atoms with Gasteiger partial charge < -0.3 is 14.6 Å². The highest BCUT2D eigenvalue weighted by Crippen LogP contribution is 2.09. The molecule has 0 aromatic heterocycles. The van der Waals surface area contributed by atoms with Crippen LogP contribution in [-0.4, -0.2) is 23.7 Å². The van der Waals surface area contributed by atoms with Crippen molar-refractivity contribution in [3.63, 3.8) is 0 Å². The molecule has 0 fully saturated rings. The molecule has 5 nitrogen and oxygen atoms in total. The SMILES string of the molecule is CC(=O)O/C=C/COCc1cccc(CCC(=O)O)c1.